The van der Waals surface area contributed by atoms with Crippen molar-refractivity contribution in [2.75, 3.05) is 46.2 Å². The van der Waals surface area contributed by atoms with Crippen LogP contribution in [0.4, 0.5) is 5.95 Å². The first-order chi connectivity index (χ1) is 20.9. The number of pyridine rings is 1. The van der Waals surface area contributed by atoms with Crippen molar-refractivity contribution in [1.29, 1.82) is 0 Å². The van der Waals surface area contributed by atoms with E-state index < -0.39 is 22.1 Å². The number of halogens is 2. The number of anilines is 1. The Morgan fingerprint density at radius 3 is 1.91 bits per heavy atom. The third-order valence-electron chi connectivity index (χ3n) is 7.73. The fourth-order valence-electron chi connectivity index (χ4n) is 5.29. The number of carbonyl (C=O) groups is 2. The van der Waals surface area contributed by atoms with Crippen LogP contribution in [0, 0.1) is 0 Å². The van der Waals surface area contributed by atoms with Crippen molar-refractivity contribution >= 4 is 62.6 Å². The van der Waals surface area contributed by atoms with Crippen LogP contribution in [0.1, 0.15) is 12.8 Å². The van der Waals surface area contributed by atoms with Crippen LogP contribution < -0.4 is 4.90 Å². The number of hydrogen-bond acceptors (Lipinski definition) is 8. The first-order valence-corrected chi connectivity index (χ1v) is 15.9. The quantitative estimate of drug-likeness (QED) is 0.276. The standard InChI is InChI=1S/C31H34ClN7O4S.ClH/c1-36(2)29(40)15-26-19-38(44(42,43)28-8-6-22-13-25(32)7-5-23(22)14-28)20-27(16-30(41)37(3)4)39(26)31-34-17-24(18-35-31)21-9-11-33-12-10-21;/h5-14,17-18,26-27H,15-16,19-20H2,1-4H3;1H. The van der Waals surface area contributed by atoms with Gasteiger partial charge in [0.25, 0.3) is 0 Å². The molecule has 2 aromatic carbocycles. The molecule has 2 amide bonds. The first kappa shape index (κ1) is 34.0. The number of benzene rings is 2. The van der Waals surface area contributed by atoms with E-state index >= 15 is 0 Å². The Balaban J connectivity index is 0.00000461. The van der Waals surface area contributed by atoms with E-state index in [-0.39, 0.29) is 55.0 Å². The Bertz CT molecular complexity index is 1740. The minimum absolute atomic E-state index is 0. The summed E-state index contributed by atoms with van der Waals surface area (Å²) in [6, 6.07) is 12.6. The van der Waals surface area contributed by atoms with Gasteiger partial charge in [0.1, 0.15) is 0 Å². The summed E-state index contributed by atoms with van der Waals surface area (Å²) in [7, 11) is 2.59. The van der Waals surface area contributed by atoms with Crippen molar-refractivity contribution in [3.8, 4) is 11.1 Å². The number of fused-ring (bicyclic) bond motifs is 1. The highest BCUT2D eigenvalue weighted by Gasteiger charge is 2.43. The molecule has 238 valence electrons. The van der Waals surface area contributed by atoms with Gasteiger partial charge < -0.3 is 14.7 Å². The maximum atomic E-state index is 14.1. The summed E-state index contributed by atoms with van der Waals surface area (Å²) in [6.07, 6.45) is 6.71. The second kappa shape index (κ2) is 14.1. The Hall–Kier alpha value is -3.84. The molecule has 0 saturated carbocycles. The van der Waals surface area contributed by atoms with Gasteiger partial charge in [0.15, 0.2) is 0 Å². The summed E-state index contributed by atoms with van der Waals surface area (Å²) in [4.78, 5) is 44.3. The summed E-state index contributed by atoms with van der Waals surface area (Å²) in [5, 5.41) is 2.11. The van der Waals surface area contributed by atoms with Crippen LogP contribution in [0.15, 0.2) is 78.2 Å². The fourth-order valence-corrected chi connectivity index (χ4v) is 7.02. The number of carbonyl (C=O) groups excluding carboxylic acids is 2. The number of hydrogen-bond donors (Lipinski definition) is 0. The van der Waals surface area contributed by atoms with Gasteiger partial charge in [-0.1, -0.05) is 23.7 Å². The third-order valence-corrected chi connectivity index (χ3v) is 9.79. The summed E-state index contributed by atoms with van der Waals surface area (Å²) in [5.41, 5.74) is 1.66. The number of aromatic nitrogens is 3. The van der Waals surface area contributed by atoms with E-state index in [0.717, 1.165) is 21.9 Å². The zero-order chi connectivity index (χ0) is 31.6. The molecule has 0 aliphatic carbocycles. The Morgan fingerprint density at radius 2 is 1.36 bits per heavy atom. The summed E-state index contributed by atoms with van der Waals surface area (Å²) >= 11 is 6.13. The molecule has 1 fully saturated rings. The van der Waals surface area contributed by atoms with Gasteiger partial charge in [-0.15, -0.1) is 12.4 Å². The second-order valence-corrected chi connectivity index (χ2v) is 13.6. The van der Waals surface area contributed by atoms with Crippen LogP contribution in [-0.2, 0) is 19.6 Å². The van der Waals surface area contributed by atoms with Crippen molar-refractivity contribution in [3.05, 3.63) is 78.3 Å². The highest BCUT2D eigenvalue weighted by atomic mass is 35.5. The van der Waals surface area contributed by atoms with Crippen LogP contribution in [0.3, 0.4) is 0 Å². The lowest BCUT2D eigenvalue weighted by Gasteiger charge is -2.46. The molecule has 1 aliphatic rings. The molecule has 5 rings (SSSR count). The van der Waals surface area contributed by atoms with Crippen LogP contribution in [0.25, 0.3) is 21.9 Å². The van der Waals surface area contributed by atoms with Crippen molar-refractivity contribution < 1.29 is 18.0 Å². The third kappa shape index (κ3) is 7.52. The Labute approximate surface area is 274 Å². The average Bonchev–Trinajstić information content (AvgIpc) is 3.01. The first-order valence-electron chi connectivity index (χ1n) is 14.0. The van der Waals surface area contributed by atoms with Gasteiger partial charge in [0.05, 0.1) is 17.0 Å². The molecule has 11 nitrogen and oxygen atoms in total. The molecular formula is C31H35Cl2N7O4S. The molecule has 1 saturated heterocycles. The van der Waals surface area contributed by atoms with Gasteiger partial charge in [-0.3, -0.25) is 14.6 Å². The molecule has 2 atom stereocenters. The average molecular weight is 673 g/mol. The lowest BCUT2D eigenvalue weighted by molar-refractivity contribution is -0.129. The maximum absolute atomic E-state index is 14.1. The molecule has 3 heterocycles. The number of sulfonamides is 1. The van der Waals surface area contributed by atoms with Crippen molar-refractivity contribution in [2.24, 2.45) is 0 Å². The van der Waals surface area contributed by atoms with Crippen molar-refractivity contribution in [3.63, 3.8) is 0 Å². The molecule has 4 aromatic rings. The SMILES string of the molecule is CN(C)C(=O)CC1CN(S(=O)(=O)c2ccc3cc(Cl)ccc3c2)CC(CC(=O)N(C)C)N1c1ncc(-c2ccncc2)cn1.Cl. The Morgan fingerprint density at radius 1 is 0.822 bits per heavy atom. The van der Waals surface area contributed by atoms with Crippen LogP contribution in [-0.4, -0.2) is 103 Å². The van der Waals surface area contributed by atoms with Crippen LogP contribution in [0.2, 0.25) is 5.02 Å². The number of rotatable bonds is 8. The van der Waals surface area contributed by atoms with Gasteiger partial charge in [-0.2, -0.15) is 4.31 Å². The zero-order valence-corrected chi connectivity index (χ0v) is 27.8. The predicted octanol–water partition coefficient (Wildman–Crippen LogP) is 3.97. The Kier molecular flexibility index (Phi) is 10.6. The van der Waals surface area contributed by atoms with Gasteiger partial charge >= 0.3 is 0 Å². The molecule has 0 bridgehead atoms. The molecule has 1 aliphatic heterocycles. The molecule has 0 radical (unpaired) electrons. The van der Waals surface area contributed by atoms with E-state index in [2.05, 4.69) is 15.0 Å². The smallest absolute Gasteiger partial charge is 0.243 e. The van der Waals surface area contributed by atoms with Gasteiger partial charge in [-0.25, -0.2) is 18.4 Å². The van der Waals surface area contributed by atoms with E-state index in [4.69, 9.17) is 11.6 Å². The predicted molar refractivity (Wildman–Crippen MR) is 177 cm³/mol. The topological polar surface area (TPSA) is 120 Å². The molecular weight excluding hydrogens is 637 g/mol. The highest BCUT2D eigenvalue weighted by Crippen LogP contribution is 2.31. The van der Waals surface area contributed by atoms with Crippen LogP contribution in [0.5, 0.6) is 0 Å². The molecule has 2 unspecified atom stereocenters. The number of amides is 2. The maximum Gasteiger partial charge on any atom is 0.243 e. The van der Waals surface area contributed by atoms with E-state index in [1.54, 1.807) is 89.4 Å². The minimum atomic E-state index is -4.01. The molecule has 45 heavy (non-hydrogen) atoms. The second-order valence-electron chi connectivity index (χ2n) is 11.2. The monoisotopic (exact) mass is 671 g/mol. The van der Waals surface area contributed by atoms with E-state index in [1.165, 1.54) is 14.1 Å². The molecule has 0 spiro atoms. The highest BCUT2D eigenvalue weighted by molar-refractivity contribution is 7.89. The summed E-state index contributed by atoms with van der Waals surface area (Å²) < 4.78 is 29.6. The van der Waals surface area contributed by atoms with Gasteiger partial charge in [-0.05, 0) is 52.7 Å². The van der Waals surface area contributed by atoms with Crippen LogP contribution >= 0.6 is 24.0 Å². The number of nitrogens with zero attached hydrogens (tertiary/aromatic N) is 7. The number of piperazine rings is 1. The van der Waals surface area contributed by atoms with Gasteiger partial charge in [0, 0.05) is 89.5 Å². The molecule has 2 aromatic heterocycles. The fraction of sp³-hybridized carbons (Fsp3) is 0.323. The largest absolute Gasteiger partial charge is 0.349 e. The van der Waals surface area contributed by atoms with E-state index in [1.807, 2.05) is 17.0 Å². The minimum Gasteiger partial charge on any atom is -0.349 e. The van der Waals surface area contributed by atoms with Gasteiger partial charge in [0.2, 0.25) is 27.8 Å². The van der Waals surface area contributed by atoms with Crippen molar-refractivity contribution in [1.82, 2.24) is 29.1 Å². The zero-order valence-electron chi connectivity index (χ0n) is 25.4. The molecule has 0 N–H and O–H groups in total. The summed E-state index contributed by atoms with van der Waals surface area (Å²) in [5.74, 6) is -0.0589. The normalized spacial score (nSPS) is 17.0. The van der Waals surface area contributed by atoms with Crippen molar-refractivity contribution in [2.45, 2.75) is 29.8 Å². The molecule has 14 heteroatoms. The summed E-state index contributed by atoms with van der Waals surface area (Å²) in [6.45, 7) is 0.00534. The van der Waals surface area contributed by atoms with E-state index in [0.29, 0.717) is 11.0 Å². The lowest BCUT2D eigenvalue weighted by atomic mass is 10.0. The van der Waals surface area contributed by atoms with E-state index in [9.17, 15) is 18.0 Å². The lowest BCUT2D eigenvalue weighted by Crippen LogP contribution is -2.62.